The van der Waals surface area contributed by atoms with Crippen LogP contribution in [-0.4, -0.2) is 16.2 Å². The zero-order valence-electron chi connectivity index (χ0n) is 7.72. The van der Waals surface area contributed by atoms with Crippen molar-refractivity contribution in [2.24, 2.45) is 0 Å². The highest BCUT2D eigenvalue weighted by molar-refractivity contribution is 9.10. The van der Waals surface area contributed by atoms with Gasteiger partial charge in [-0.3, -0.25) is 4.79 Å². The quantitative estimate of drug-likeness (QED) is 0.889. The lowest BCUT2D eigenvalue weighted by Crippen LogP contribution is -2.21. The molecule has 1 heterocycles. The molecule has 1 rings (SSSR count). The summed E-state index contributed by atoms with van der Waals surface area (Å²) in [7, 11) is 0. The number of nitrogens with one attached hydrogen (secondary N) is 1. The van der Waals surface area contributed by atoms with E-state index < -0.39 is 0 Å². The lowest BCUT2D eigenvalue weighted by molar-refractivity contribution is 0.702. The van der Waals surface area contributed by atoms with Gasteiger partial charge in [0.1, 0.15) is 10.3 Å². The maximum atomic E-state index is 11.3. The number of hydrogen-bond acceptors (Lipinski definition) is 3. The topological polar surface area (TPSA) is 45.8 Å². The van der Waals surface area contributed by atoms with E-state index in [2.05, 4.69) is 25.9 Å². The van der Waals surface area contributed by atoms with Crippen LogP contribution in [0.2, 0.25) is 0 Å². The molecule has 72 valence electrons. The molecule has 1 N–H and O–H groups in total. The summed E-state index contributed by atoms with van der Waals surface area (Å²) < 4.78 is 0.313. The van der Waals surface area contributed by atoms with E-state index in [4.69, 9.17) is 0 Å². The minimum Gasteiger partial charge on any atom is -0.308 e. The fraction of sp³-hybridized carbons (Fsp3) is 0.500. The van der Waals surface area contributed by atoms with Crippen molar-refractivity contribution < 1.29 is 0 Å². The Morgan fingerprint density at radius 1 is 1.62 bits per heavy atom. The van der Waals surface area contributed by atoms with E-state index in [0.29, 0.717) is 10.3 Å². The smallest absolute Gasteiger partial charge is 0.265 e. The summed E-state index contributed by atoms with van der Waals surface area (Å²) in [6.45, 7) is 4.04. The molecule has 0 aliphatic heterocycles. The number of thioether (sulfide) groups is 1. The maximum absolute atomic E-state index is 11.3. The molecule has 0 aliphatic carbocycles. The molecule has 1 aromatic heterocycles. The molecule has 13 heavy (non-hydrogen) atoms. The van der Waals surface area contributed by atoms with Crippen molar-refractivity contribution in [3.63, 3.8) is 0 Å². The predicted molar refractivity (Wildman–Crippen MR) is 59.1 cm³/mol. The second-order valence-corrected chi connectivity index (χ2v) is 5.41. The average molecular weight is 263 g/mol. The Labute approximate surface area is 89.5 Å². The van der Waals surface area contributed by atoms with Gasteiger partial charge in [-0.05, 0) is 36.0 Å². The summed E-state index contributed by atoms with van der Waals surface area (Å²) in [5.74, 6) is 0.702. The number of rotatable bonds is 2. The standard InChI is InChI=1S/C8H11BrN2OS/c1-8(2,13-3)7-10-4-5(9)6(12)11-7/h4H,1-3H3,(H,10,11,12). The zero-order chi connectivity index (χ0) is 10.1. The van der Waals surface area contributed by atoms with Crippen molar-refractivity contribution in [2.45, 2.75) is 18.6 Å². The van der Waals surface area contributed by atoms with Gasteiger partial charge in [0, 0.05) is 6.20 Å². The summed E-state index contributed by atoms with van der Waals surface area (Å²) in [6, 6.07) is 0. The van der Waals surface area contributed by atoms with Gasteiger partial charge in [-0.25, -0.2) is 4.98 Å². The first-order chi connectivity index (χ1) is 5.97. The second-order valence-electron chi connectivity index (χ2n) is 3.12. The van der Waals surface area contributed by atoms with Crippen molar-refractivity contribution in [1.29, 1.82) is 0 Å². The lowest BCUT2D eigenvalue weighted by atomic mass is 10.2. The molecular weight excluding hydrogens is 252 g/mol. The van der Waals surface area contributed by atoms with Crippen LogP contribution in [0.3, 0.4) is 0 Å². The van der Waals surface area contributed by atoms with Crippen LogP contribution in [0.25, 0.3) is 0 Å². The summed E-state index contributed by atoms with van der Waals surface area (Å²) in [5, 5.41) is 0. The Bertz CT molecular complexity index is 361. The van der Waals surface area contributed by atoms with Crippen molar-refractivity contribution in [1.82, 2.24) is 9.97 Å². The van der Waals surface area contributed by atoms with E-state index in [1.807, 2.05) is 20.1 Å². The van der Waals surface area contributed by atoms with Crippen LogP contribution in [0.4, 0.5) is 0 Å². The Balaban J connectivity index is 3.18. The third-order valence-electron chi connectivity index (χ3n) is 1.84. The molecule has 3 nitrogen and oxygen atoms in total. The minimum atomic E-state index is -0.153. The van der Waals surface area contributed by atoms with E-state index >= 15 is 0 Å². The molecule has 5 heteroatoms. The molecule has 0 aliphatic rings. The molecule has 0 saturated heterocycles. The van der Waals surface area contributed by atoms with Crippen molar-refractivity contribution in [3.8, 4) is 0 Å². The van der Waals surface area contributed by atoms with Crippen LogP contribution in [0.15, 0.2) is 15.5 Å². The molecule has 1 aromatic rings. The molecule has 0 radical (unpaired) electrons. The average Bonchev–Trinajstić information content (AvgIpc) is 2.09. The SMILES string of the molecule is CSC(C)(C)c1ncc(Br)c(=O)[nH]1. The van der Waals surface area contributed by atoms with Gasteiger partial charge in [0.15, 0.2) is 0 Å². The first kappa shape index (κ1) is 10.8. The number of halogens is 1. The number of aromatic amines is 1. The van der Waals surface area contributed by atoms with E-state index in [0.717, 1.165) is 0 Å². The third kappa shape index (κ3) is 2.34. The highest BCUT2D eigenvalue weighted by atomic mass is 79.9. The van der Waals surface area contributed by atoms with Crippen molar-refractivity contribution in [3.05, 3.63) is 26.8 Å². The van der Waals surface area contributed by atoms with Gasteiger partial charge in [-0.1, -0.05) is 0 Å². The first-order valence-corrected chi connectivity index (χ1v) is 5.79. The van der Waals surface area contributed by atoms with Gasteiger partial charge in [0.2, 0.25) is 0 Å². The molecule has 0 unspecified atom stereocenters. The number of H-pyrrole nitrogens is 1. The van der Waals surface area contributed by atoms with Gasteiger partial charge in [0.05, 0.1) is 4.75 Å². The minimum absolute atomic E-state index is 0.132. The molecule has 0 atom stereocenters. The lowest BCUT2D eigenvalue weighted by Gasteiger charge is -2.20. The van der Waals surface area contributed by atoms with Crippen LogP contribution < -0.4 is 5.56 Å². The largest absolute Gasteiger partial charge is 0.308 e. The summed E-state index contributed by atoms with van der Waals surface area (Å²) >= 11 is 4.75. The van der Waals surface area contributed by atoms with Crippen LogP contribution in [0.5, 0.6) is 0 Å². The van der Waals surface area contributed by atoms with E-state index in [1.165, 1.54) is 6.20 Å². The van der Waals surface area contributed by atoms with Gasteiger partial charge in [-0.15, -0.1) is 0 Å². The first-order valence-electron chi connectivity index (χ1n) is 3.78. The number of hydrogen-bond donors (Lipinski definition) is 1. The number of nitrogens with zero attached hydrogens (tertiary/aromatic N) is 1. The predicted octanol–water partition coefficient (Wildman–Crippen LogP) is 2.13. The molecule has 0 fully saturated rings. The fourth-order valence-electron chi connectivity index (χ4n) is 0.782. The monoisotopic (exact) mass is 262 g/mol. The molecular formula is C8H11BrN2OS. The van der Waals surface area contributed by atoms with Gasteiger partial charge in [-0.2, -0.15) is 11.8 Å². The maximum Gasteiger partial charge on any atom is 0.265 e. The zero-order valence-corrected chi connectivity index (χ0v) is 10.1. The Morgan fingerprint density at radius 2 is 2.23 bits per heavy atom. The van der Waals surface area contributed by atoms with Crippen LogP contribution in [0, 0.1) is 0 Å². The second kappa shape index (κ2) is 3.84. The van der Waals surface area contributed by atoms with Gasteiger partial charge in [0.25, 0.3) is 5.56 Å². The summed E-state index contributed by atoms with van der Waals surface area (Å²) in [4.78, 5) is 18.1. The van der Waals surface area contributed by atoms with E-state index in [-0.39, 0.29) is 10.3 Å². The van der Waals surface area contributed by atoms with E-state index in [9.17, 15) is 4.79 Å². The third-order valence-corrected chi connectivity index (χ3v) is 3.62. The van der Waals surface area contributed by atoms with E-state index in [1.54, 1.807) is 11.8 Å². The van der Waals surface area contributed by atoms with Gasteiger partial charge < -0.3 is 4.98 Å². The van der Waals surface area contributed by atoms with Crippen LogP contribution in [0.1, 0.15) is 19.7 Å². The molecule has 0 saturated carbocycles. The van der Waals surface area contributed by atoms with Gasteiger partial charge >= 0.3 is 0 Å². The Hall–Kier alpha value is -0.290. The van der Waals surface area contributed by atoms with Crippen LogP contribution >= 0.6 is 27.7 Å². The van der Waals surface area contributed by atoms with Crippen molar-refractivity contribution in [2.75, 3.05) is 6.26 Å². The normalized spacial score (nSPS) is 11.7. The fourth-order valence-corrected chi connectivity index (χ4v) is 1.28. The highest BCUT2D eigenvalue weighted by Gasteiger charge is 2.21. The van der Waals surface area contributed by atoms with Crippen molar-refractivity contribution >= 4 is 27.7 Å². The molecule has 0 spiro atoms. The van der Waals surface area contributed by atoms with Crippen LogP contribution in [-0.2, 0) is 4.75 Å². The molecule has 0 bridgehead atoms. The molecule has 0 amide bonds. The molecule has 0 aromatic carbocycles. The Morgan fingerprint density at radius 3 is 2.69 bits per heavy atom. The Kier molecular flexibility index (Phi) is 3.18. The number of aromatic nitrogens is 2. The summed E-state index contributed by atoms with van der Waals surface area (Å²) in [6.07, 6.45) is 3.52. The summed E-state index contributed by atoms with van der Waals surface area (Å²) in [5.41, 5.74) is -0.132. The highest BCUT2D eigenvalue weighted by Crippen LogP contribution is 2.30.